The van der Waals surface area contributed by atoms with Gasteiger partial charge in [0.15, 0.2) is 11.5 Å². The molecule has 0 saturated carbocycles. The fourth-order valence-corrected chi connectivity index (χ4v) is 5.08. The lowest BCUT2D eigenvalue weighted by Gasteiger charge is -2.30. The van der Waals surface area contributed by atoms with Crippen molar-refractivity contribution in [3.8, 4) is 22.6 Å². The van der Waals surface area contributed by atoms with E-state index in [2.05, 4.69) is 4.98 Å². The first-order valence-corrected chi connectivity index (χ1v) is 11.9. The number of hydrogen-bond acceptors (Lipinski definition) is 6. The molecule has 0 aliphatic carbocycles. The molecule has 1 fully saturated rings. The van der Waals surface area contributed by atoms with Crippen molar-refractivity contribution in [1.82, 2.24) is 4.98 Å². The van der Waals surface area contributed by atoms with E-state index in [0.717, 1.165) is 11.8 Å². The Labute approximate surface area is 199 Å². The fourth-order valence-electron chi connectivity index (χ4n) is 4.10. The zero-order valence-corrected chi connectivity index (χ0v) is 19.0. The van der Waals surface area contributed by atoms with Gasteiger partial charge in [-0.15, -0.1) is 0 Å². The summed E-state index contributed by atoms with van der Waals surface area (Å²) in [5, 5.41) is 9.73. The van der Waals surface area contributed by atoms with Gasteiger partial charge in [0.25, 0.3) is 0 Å². The number of benzene rings is 2. The van der Waals surface area contributed by atoms with Crippen molar-refractivity contribution < 1.29 is 27.8 Å². The lowest BCUT2D eigenvalue weighted by atomic mass is 10.0. The average Bonchev–Trinajstić information content (AvgIpc) is 2.84. The minimum Gasteiger partial charge on any atom is -0.486 e. The Bertz CT molecular complexity index is 1180. The Hall–Kier alpha value is -2.91. The van der Waals surface area contributed by atoms with Crippen LogP contribution in [0.3, 0.4) is 0 Å². The number of rotatable bonds is 4. The predicted molar refractivity (Wildman–Crippen MR) is 124 cm³/mol. The summed E-state index contributed by atoms with van der Waals surface area (Å²) in [5.41, 5.74) is 0.446. The molecule has 3 aromatic rings. The van der Waals surface area contributed by atoms with Gasteiger partial charge in [0.05, 0.1) is 11.7 Å². The number of aromatic nitrogens is 1. The highest BCUT2D eigenvalue weighted by atomic mass is 32.2. The highest BCUT2D eigenvalue weighted by molar-refractivity contribution is 7.99. The number of aliphatic hydroxyl groups excluding tert-OH is 1. The van der Waals surface area contributed by atoms with Gasteiger partial charge in [0, 0.05) is 29.1 Å². The summed E-state index contributed by atoms with van der Waals surface area (Å²) in [6.45, 7) is 2.19. The first kappa shape index (κ1) is 22.9. The molecule has 1 saturated heterocycles. The maximum absolute atomic E-state index is 14.0. The molecule has 0 radical (unpaired) electrons. The van der Waals surface area contributed by atoms with E-state index in [-0.39, 0.29) is 11.0 Å². The average molecular weight is 489 g/mol. The SMILES string of the molecule is OC1CCN(c2cc(-c3ccc(Sc4ccc5c(c4)OCCO5)c(C(F)(F)F)c3)ccn2)CC1. The molecule has 0 unspecified atom stereocenters. The van der Waals surface area contributed by atoms with Gasteiger partial charge < -0.3 is 19.5 Å². The van der Waals surface area contributed by atoms with Crippen LogP contribution in [-0.2, 0) is 6.18 Å². The van der Waals surface area contributed by atoms with Crippen molar-refractivity contribution in [3.05, 3.63) is 60.3 Å². The molecular weight excluding hydrogens is 465 g/mol. The standard InChI is InChI=1S/C25H23F3N2O3S/c26-25(27,28)20-13-16(17-5-8-29-24(14-17)30-9-6-18(31)7-10-30)1-4-23(20)34-19-2-3-21-22(15-19)33-12-11-32-21/h1-5,8,13-15,18,31H,6-7,9-12H2. The number of aliphatic hydroxyl groups is 1. The molecule has 0 amide bonds. The summed E-state index contributed by atoms with van der Waals surface area (Å²) in [7, 11) is 0. The topological polar surface area (TPSA) is 54.8 Å². The van der Waals surface area contributed by atoms with E-state index in [9.17, 15) is 18.3 Å². The van der Waals surface area contributed by atoms with Crippen molar-refractivity contribution in [2.45, 2.75) is 34.9 Å². The second-order valence-corrected chi connectivity index (χ2v) is 9.35. The van der Waals surface area contributed by atoms with Gasteiger partial charge in [0.1, 0.15) is 19.0 Å². The van der Waals surface area contributed by atoms with Gasteiger partial charge in [-0.25, -0.2) is 4.98 Å². The number of piperidine rings is 1. The van der Waals surface area contributed by atoms with Crippen LogP contribution in [0.4, 0.5) is 19.0 Å². The Morgan fingerprint density at radius 2 is 1.65 bits per heavy atom. The van der Waals surface area contributed by atoms with E-state index >= 15 is 0 Å². The van der Waals surface area contributed by atoms with Gasteiger partial charge in [0.2, 0.25) is 0 Å². The van der Waals surface area contributed by atoms with Crippen molar-refractivity contribution in [1.29, 1.82) is 0 Å². The van der Waals surface area contributed by atoms with Crippen LogP contribution in [0.25, 0.3) is 11.1 Å². The highest BCUT2D eigenvalue weighted by Crippen LogP contribution is 2.43. The fraction of sp³-hybridized carbons (Fsp3) is 0.320. The third kappa shape index (κ3) is 4.95. The molecule has 2 aromatic carbocycles. The van der Waals surface area contributed by atoms with Crippen LogP contribution in [0.5, 0.6) is 11.5 Å². The number of fused-ring (bicyclic) bond motifs is 1. The van der Waals surface area contributed by atoms with Crippen molar-refractivity contribution in [2.75, 3.05) is 31.2 Å². The molecule has 1 N–H and O–H groups in total. The summed E-state index contributed by atoms with van der Waals surface area (Å²) in [6, 6.07) is 13.1. The monoisotopic (exact) mass is 488 g/mol. The van der Waals surface area contributed by atoms with E-state index in [0.29, 0.717) is 72.5 Å². The van der Waals surface area contributed by atoms with Crippen LogP contribution in [0, 0.1) is 0 Å². The van der Waals surface area contributed by atoms with Crippen molar-refractivity contribution >= 4 is 17.6 Å². The number of pyridine rings is 1. The molecule has 9 heteroatoms. The van der Waals surface area contributed by atoms with Crippen molar-refractivity contribution in [2.24, 2.45) is 0 Å². The summed E-state index contributed by atoms with van der Waals surface area (Å²) in [6.07, 6.45) is -1.91. The first-order valence-electron chi connectivity index (χ1n) is 11.0. The summed E-state index contributed by atoms with van der Waals surface area (Å²) < 4.78 is 53.1. The Kier molecular flexibility index (Phi) is 6.31. The number of nitrogens with zero attached hydrogens (tertiary/aromatic N) is 2. The van der Waals surface area contributed by atoms with Crippen LogP contribution in [-0.4, -0.2) is 42.5 Å². The summed E-state index contributed by atoms with van der Waals surface area (Å²) in [5.74, 6) is 1.84. The molecule has 5 rings (SSSR count). The molecule has 0 atom stereocenters. The molecular formula is C25H23F3N2O3S. The molecule has 34 heavy (non-hydrogen) atoms. The quantitative estimate of drug-likeness (QED) is 0.512. The van der Waals surface area contributed by atoms with E-state index in [1.807, 2.05) is 4.90 Å². The number of anilines is 1. The Morgan fingerprint density at radius 3 is 2.41 bits per heavy atom. The van der Waals surface area contributed by atoms with Crippen LogP contribution < -0.4 is 14.4 Å². The molecule has 5 nitrogen and oxygen atoms in total. The van der Waals surface area contributed by atoms with E-state index < -0.39 is 11.7 Å². The second-order valence-electron chi connectivity index (χ2n) is 8.24. The van der Waals surface area contributed by atoms with Crippen molar-refractivity contribution in [3.63, 3.8) is 0 Å². The lowest BCUT2D eigenvalue weighted by molar-refractivity contribution is -0.139. The number of ether oxygens (including phenoxy) is 2. The molecule has 0 spiro atoms. The molecule has 1 aromatic heterocycles. The van der Waals surface area contributed by atoms with Crippen LogP contribution >= 0.6 is 11.8 Å². The van der Waals surface area contributed by atoms with Gasteiger partial charge in [-0.05, 0) is 66.4 Å². The highest BCUT2D eigenvalue weighted by Gasteiger charge is 2.34. The predicted octanol–water partition coefficient (Wildman–Crippen LogP) is 5.65. The first-order chi connectivity index (χ1) is 16.4. The number of alkyl halides is 3. The molecule has 2 aliphatic heterocycles. The second kappa shape index (κ2) is 9.38. The zero-order valence-electron chi connectivity index (χ0n) is 18.2. The van der Waals surface area contributed by atoms with E-state index in [4.69, 9.17) is 9.47 Å². The number of halogens is 3. The smallest absolute Gasteiger partial charge is 0.417 e. The van der Waals surface area contributed by atoms with Gasteiger partial charge in [-0.3, -0.25) is 0 Å². The molecule has 2 aliphatic rings. The zero-order chi connectivity index (χ0) is 23.7. The minimum absolute atomic E-state index is 0.118. The minimum atomic E-state index is -4.51. The Balaban J connectivity index is 1.44. The maximum Gasteiger partial charge on any atom is 0.417 e. The van der Waals surface area contributed by atoms with Gasteiger partial charge >= 0.3 is 6.18 Å². The third-order valence-corrected chi connectivity index (χ3v) is 6.96. The number of hydrogen-bond donors (Lipinski definition) is 1. The lowest BCUT2D eigenvalue weighted by Crippen LogP contribution is -2.36. The third-order valence-electron chi connectivity index (χ3n) is 5.89. The van der Waals surface area contributed by atoms with Crippen LogP contribution in [0.15, 0.2) is 64.5 Å². The van der Waals surface area contributed by atoms with Crippen LogP contribution in [0.1, 0.15) is 18.4 Å². The largest absolute Gasteiger partial charge is 0.486 e. The summed E-state index contributed by atoms with van der Waals surface area (Å²) in [4.78, 5) is 7.20. The molecule has 3 heterocycles. The van der Waals surface area contributed by atoms with Gasteiger partial charge in [-0.2, -0.15) is 13.2 Å². The van der Waals surface area contributed by atoms with Crippen LogP contribution in [0.2, 0.25) is 0 Å². The van der Waals surface area contributed by atoms with E-state index in [1.54, 1.807) is 42.6 Å². The maximum atomic E-state index is 14.0. The van der Waals surface area contributed by atoms with E-state index in [1.165, 1.54) is 12.1 Å². The molecule has 0 bridgehead atoms. The Morgan fingerprint density at radius 1 is 0.912 bits per heavy atom. The summed E-state index contributed by atoms with van der Waals surface area (Å²) >= 11 is 1.04. The van der Waals surface area contributed by atoms with Gasteiger partial charge in [-0.1, -0.05) is 17.8 Å². The molecule has 178 valence electrons. The normalized spacial score (nSPS) is 16.5.